The van der Waals surface area contributed by atoms with Gasteiger partial charge in [0, 0.05) is 37.1 Å². The van der Waals surface area contributed by atoms with Crippen LogP contribution in [0.5, 0.6) is 0 Å². The number of aromatic nitrogens is 4. The number of aryl methyl sites for hydroxylation is 2. The van der Waals surface area contributed by atoms with E-state index < -0.39 is 0 Å². The van der Waals surface area contributed by atoms with E-state index in [2.05, 4.69) is 27.1 Å². The summed E-state index contributed by atoms with van der Waals surface area (Å²) in [4.78, 5) is 11.5. The van der Waals surface area contributed by atoms with Crippen molar-refractivity contribution < 1.29 is 4.39 Å². The van der Waals surface area contributed by atoms with Gasteiger partial charge in [-0.1, -0.05) is 6.07 Å². The number of hydrogen-bond donors (Lipinski definition) is 0. The molecule has 0 spiro atoms. The second-order valence-electron chi connectivity index (χ2n) is 7.45. The SMILES string of the molecule is Cc1c(-c2ncccc2F)nn2c1CN(Cc1ccc3c(n1)CCC3)CC2. The van der Waals surface area contributed by atoms with Crippen molar-refractivity contribution in [2.75, 3.05) is 6.54 Å². The van der Waals surface area contributed by atoms with Crippen LogP contribution in [-0.4, -0.2) is 31.2 Å². The van der Waals surface area contributed by atoms with E-state index in [4.69, 9.17) is 4.98 Å². The van der Waals surface area contributed by atoms with Crippen LogP contribution >= 0.6 is 0 Å². The Morgan fingerprint density at radius 3 is 2.93 bits per heavy atom. The zero-order chi connectivity index (χ0) is 18.4. The van der Waals surface area contributed by atoms with Crippen LogP contribution in [0.1, 0.15) is 34.6 Å². The maximum absolute atomic E-state index is 14.2. The van der Waals surface area contributed by atoms with E-state index in [0.717, 1.165) is 56.0 Å². The fraction of sp³-hybridized carbons (Fsp3) is 0.381. The highest BCUT2D eigenvalue weighted by Crippen LogP contribution is 2.28. The minimum absolute atomic E-state index is 0.324. The quantitative estimate of drug-likeness (QED) is 0.716. The molecule has 0 fully saturated rings. The van der Waals surface area contributed by atoms with Crippen molar-refractivity contribution in [1.82, 2.24) is 24.6 Å². The van der Waals surface area contributed by atoms with E-state index >= 15 is 0 Å². The second kappa shape index (κ2) is 6.53. The van der Waals surface area contributed by atoms with Gasteiger partial charge < -0.3 is 0 Å². The first-order valence-electron chi connectivity index (χ1n) is 9.56. The molecule has 0 amide bonds. The summed E-state index contributed by atoms with van der Waals surface area (Å²) in [6, 6.07) is 7.45. The van der Waals surface area contributed by atoms with Gasteiger partial charge in [-0.3, -0.25) is 19.5 Å². The molecule has 1 aliphatic carbocycles. The Balaban J connectivity index is 1.39. The van der Waals surface area contributed by atoms with E-state index in [0.29, 0.717) is 11.4 Å². The first-order chi connectivity index (χ1) is 13.2. The van der Waals surface area contributed by atoms with Gasteiger partial charge in [0.1, 0.15) is 11.4 Å². The maximum atomic E-state index is 14.2. The topological polar surface area (TPSA) is 46.8 Å². The van der Waals surface area contributed by atoms with E-state index in [-0.39, 0.29) is 5.82 Å². The standard InChI is InChI=1S/C21H22FN5/c1-14-19-13-26(12-16-8-7-15-4-2-6-18(15)24-16)10-11-27(19)25-20(14)21-17(22)5-3-9-23-21/h3,5,7-9H,2,4,6,10-13H2,1H3. The smallest absolute Gasteiger partial charge is 0.151 e. The number of halogens is 1. The number of rotatable bonds is 3. The molecular weight excluding hydrogens is 341 g/mol. The lowest BCUT2D eigenvalue weighted by Gasteiger charge is -2.27. The van der Waals surface area contributed by atoms with Crippen molar-refractivity contribution in [3.63, 3.8) is 0 Å². The van der Waals surface area contributed by atoms with Crippen LogP contribution in [0.4, 0.5) is 4.39 Å². The van der Waals surface area contributed by atoms with E-state index in [1.807, 2.05) is 11.6 Å². The monoisotopic (exact) mass is 363 g/mol. The average Bonchev–Trinajstić information content (AvgIpc) is 3.27. The molecule has 0 atom stereocenters. The highest BCUT2D eigenvalue weighted by molar-refractivity contribution is 5.60. The van der Waals surface area contributed by atoms with Gasteiger partial charge in [-0.15, -0.1) is 0 Å². The van der Waals surface area contributed by atoms with Gasteiger partial charge in [0.25, 0.3) is 0 Å². The molecule has 6 heteroatoms. The van der Waals surface area contributed by atoms with E-state index in [1.54, 1.807) is 12.3 Å². The van der Waals surface area contributed by atoms with Crippen LogP contribution < -0.4 is 0 Å². The molecule has 5 nitrogen and oxygen atoms in total. The van der Waals surface area contributed by atoms with Gasteiger partial charge in [0.15, 0.2) is 5.82 Å². The molecule has 0 radical (unpaired) electrons. The first kappa shape index (κ1) is 16.6. The van der Waals surface area contributed by atoms with Crippen LogP contribution in [0.2, 0.25) is 0 Å². The molecule has 27 heavy (non-hydrogen) atoms. The van der Waals surface area contributed by atoms with Gasteiger partial charge in [-0.2, -0.15) is 5.10 Å². The fourth-order valence-electron chi connectivity index (χ4n) is 4.20. The van der Waals surface area contributed by atoms with Crippen molar-refractivity contribution in [2.45, 2.75) is 45.8 Å². The molecule has 3 aromatic heterocycles. The minimum Gasteiger partial charge on any atom is -0.290 e. The van der Waals surface area contributed by atoms with E-state index in [1.165, 1.54) is 23.7 Å². The van der Waals surface area contributed by atoms with Crippen LogP contribution in [-0.2, 0) is 32.5 Å². The van der Waals surface area contributed by atoms with Crippen molar-refractivity contribution >= 4 is 0 Å². The number of pyridine rings is 2. The highest BCUT2D eigenvalue weighted by Gasteiger charge is 2.25. The highest BCUT2D eigenvalue weighted by atomic mass is 19.1. The Morgan fingerprint density at radius 2 is 2.04 bits per heavy atom. The predicted octanol–water partition coefficient (Wildman–Crippen LogP) is 3.29. The van der Waals surface area contributed by atoms with Gasteiger partial charge in [0.2, 0.25) is 0 Å². The third kappa shape index (κ3) is 2.94. The number of hydrogen-bond acceptors (Lipinski definition) is 4. The molecule has 138 valence electrons. The van der Waals surface area contributed by atoms with Crippen LogP contribution in [0, 0.1) is 12.7 Å². The number of fused-ring (bicyclic) bond motifs is 2. The Hall–Kier alpha value is -2.60. The summed E-state index contributed by atoms with van der Waals surface area (Å²) in [5.41, 5.74) is 6.97. The lowest BCUT2D eigenvalue weighted by Crippen LogP contribution is -2.34. The van der Waals surface area contributed by atoms with Crippen molar-refractivity contribution in [2.24, 2.45) is 0 Å². The van der Waals surface area contributed by atoms with Crippen LogP contribution in [0.3, 0.4) is 0 Å². The lowest BCUT2D eigenvalue weighted by molar-refractivity contribution is 0.202. The Labute approximate surface area is 157 Å². The fourth-order valence-corrected chi connectivity index (χ4v) is 4.20. The van der Waals surface area contributed by atoms with E-state index in [9.17, 15) is 4.39 Å². The first-order valence-corrected chi connectivity index (χ1v) is 9.56. The minimum atomic E-state index is -0.324. The summed E-state index contributed by atoms with van der Waals surface area (Å²) in [5.74, 6) is -0.324. The summed E-state index contributed by atoms with van der Waals surface area (Å²) < 4.78 is 16.2. The van der Waals surface area contributed by atoms with Crippen molar-refractivity contribution in [3.05, 3.63) is 64.5 Å². The third-order valence-corrected chi connectivity index (χ3v) is 5.68. The summed E-state index contributed by atoms with van der Waals surface area (Å²) >= 11 is 0. The Kier molecular flexibility index (Phi) is 4.01. The Bertz CT molecular complexity index is 1010. The third-order valence-electron chi connectivity index (χ3n) is 5.68. The molecule has 2 aliphatic rings. The largest absolute Gasteiger partial charge is 0.290 e. The van der Waals surface area contributed by atoms with Crippen LogP contribution in [0.15, 0.2) is 30.5 Å². The summed E-state index contributed by atoms with van der Waals surface area (Å²) in [6.07, 6.45) is 5.11. The van der Waals surface area contributed by atoms with Gasteiger partial charge >= 0.3 is 0 Å². The molecule has 0 saturated heterocycles. The second-order valence-corrected chi connectivity index (χ2v) is 7.45. The molecule has 0 bridgehead atoms. The summed E-state index contributed by atoms with van der Waals surface area (Å²) in [6.45, 7) is 5.36. The normalized spacial score (nSPS) is 16.4. The van der Waals surface area contributed by atoms with Crippen molar-refractivity contribution in [1.29, 1.82) is 0 Å². The predicted molar refractivity (Wildman–Crippen MR) is 101 cm³/mol. The molecule has 0 saturated carbocycles. The summed E-state index contributed by atoms with van der Waals surface area (Å²) in [5, 5.41) is 4.64. The van der Waals surface area contributed by atoms with Gasteiger partial charge in [0.05, 0.1) is 17.9 Å². The molecule has 0 unspecified atom stereocenters. The summed E-state index contributed by atoms with van der Waals surface area (Å²) in [7, 11) is 0. The molecule has 3 aromatic rings. The molecular formula is C21H22FN5. The lowest BCUT2D eigenvalue weighted by atomic mass is 10.1. The molecule has 0 aromatic carbocycles. The number of nitrogens with zero attached hydrogens (tertiary/aromatic N) is 5. The molecule has 1 aliphatic heterocycles. The van der Waals surface area contributed by atoms with Crippen LogP contribution in [0.25, 0.3) is 11.4 Å². The molecule has 5 rings (SSSR count). The Morgan fingerprint density at radius 1 is 1.11 bits per heavy atom. The molecule has 0 N–H and O–H groups in total. The van der Waals surface area contributed by atoms with Gasteiger partial charge in [-0.25, -0.2) is 4.39 Å². The zero-order valence-corrected chi connectivity index (χ0v) is 15.5. The zero-order valence-electron chi connectivity index (χ0n) is 15.5. The molecule has 4 heterocycles. The van der Waals surface area contributed by atoms with Gasteiger partial charge in [-0.05, 0) is 49.9 Å². The van der Waals surface area contributed by atoms with Crippen molar-refractivity contribution in [3.8, 4) is 11.4 Å². The maximum Gasteiger partial charge on any atom is 0.151 e. The average molecular weight is 363 g/mol.